The number of aliphatic hydroxyl groups excluding tert-OH is 2. The standard InChI is InChI=1S/C9H21NO2/c1-9(2)10(6-8-12)5-3-4-7-11/h9,11-12H,3-8H2,1-2H3. The molecule has 3 nitrogen and oxygen atoms in total. The molecule has 0 saturated heterocycles. The van der Waals surface area contributed by atoms with Crippen LogP contribution in [0.3, 0.4) is 0 Å². The summed E-state index contributed by atoms with van der Waals surface area (Å²) in [5, 5.41) is 17.3. The van der Waals surface area contributed by atoms with Crippen LogP contribution in [0, 0.1) is 0 Å². The zero-order valence-electron chi connectivity index (χ0n) is 8.16. The maximum absolute atomic E-state index is 8.75. The van der Waals surface area contributed by atoms with Crippen molar-refractivity contribution in [2.24, 2.45) is 0 Å². The third kappa shape index (κ3) is 5.52. The Hall–Kier alpha value is -0.120. The zero-order valence-corrected chi connectivity index (χ0v) is 8.16. The van der Waals surface area contributed by atoms with E-state index >= 15 is 0 Å². The van der Waals surface area contributed by atoms with Crippen molar-refractivity contribution in [3.63, 3.8) is 0 Å². The van der Waals surface area contributed by atoms with Crippen LogP contribution in [0.15, 0.2) is 0 Å². The Morgan fingerprint density at radius 3 is 2.08 bits per heavy atom. The molecule has 74 valence electrons. The fraction of sp³-hybridized carbons (Fsp3) is 1.00. The van der Waals surface area contributed by atoms with Gasteiger partial charge in [-0.3, -0.25) is 4.90 Å². The topological polar surface area (TPSA) is 43.7 Å². The lowest BCUT2D eigenvalue weighted by atomic mass is 10.2. The quantitative estimate of drug-likeness (QED) is 0.553. The molecule has 0 radical (unpaired) electrons. The second-order valence-electron chi connectivity index (χ2n) is 3.28. The van der Waals surface area contributed by atoms with Crippen LogP contribution >= 0.6 is 0 Å². The van der Waals surface area contributed by atoms with Crippen LogP contribution in [0.1, 0.15) is 26.7 Å². The van der Waals surface area contributed by atoms with E-state index in [0.717, 1.165) is 25.9 Å². The maximum atomic E-state index is 8.75. The third-order valence-corrected chi connectivity index (χ3v) is 1.97. The minimum absolute atomic E-state index is 0.220. The van der Waals surface area contributed by atoms with E-state index in [4.69, 9.17) is 10.2 Å². The van der Waals surface area contributed by atoms with Crippen molar-refractivity contribution < 1.29 is 10.2 Å². The van der Waals surface area contributed by atoms with Gasteiger partial charge in [0.1, 0.15) is 0 Å². The molecule has 0 heterocycles. The summed E-state index contributed by atoms with van der Waals surface area (Å²) in [5.41, 5.74) is 0. The summed E-state index contributed by atoms with van der Waals surface area (Å²) in [7, 11) is 0. The first-order valence-electron chi connectivity index (χ1n) is 4.68. The van der Waals surface area contributed by atoms with Gasteiger partial charge in [-0.05, 0) is 33.2 Å². The van der Waals surface area contributed by atoms with E-state index in [1.165, 1.54) is 0 Å². The van der Waals surface area contributed by atoms with Gasteiger partial charge in [-0.2, -0.15) is 0 Å². The van der Waals surface area contributed by atoms with Crippen LogP contribution in [-0.2, 0) is 0 Å². The van der Waals surface area contributed by atoms with Crippen molar-refractivity contribution in [1.29, 1.82) is 0 Å². The van der Waals surface area contributed by atoms with Crippen molar-refractivity contribution in [2.75, 3.05) is 26.3 Å². The monoisotopic (exact) mass is 175 g/mol. The van der Waals surface area contributed by atoms with Gasteiger partial charge in [-0.15, -0.1) is 0 Å². The molecule has 0 aliphatic heterocycles. The van der Waals surface area contributed by atoms with Crippen molar-refractivity contribution in [1.82, 2.24) is 4.90 Å². The SMILES string of the molecule is CC(C)N(CCO)CCCCO. The predicted molar refractivity (Wildman–Crippen MR) is 50.1 cm³/mol. The largest absolute Gasteiger partial charge is 0.396 e. The van der Waals surface area contributed by atoms with Crippen LogP contribution in [0.5, 0.6) is 0 Å². The van der Waals surface area contributed by atoms with E-state index in [2.05, 4.69) is 18.7 Å². The molecule has 0 spiro atoms. The number of aliphatic hydroxyl groups is 2. The van der Waals surface area contributed by atoms with Crippen LogP contribution in [0.4, 0.5) is 0 Å². The van der Waals surface area contributed by atoms with Crippen molar-refractivity contribution >= 4 is 0 Å². The second kappa shape index (κ2) is 7.53. The Balaban J connectivity index is 3.49. The van der Waals surface area contributed by atoms with E-state index in [9.17, 15) is 0 Å². The lowest BCUT2D eigenvalue weighted by Crippen LogP contribution is -2.34. The van der Waals surface area contributed by atoms with Gasteiger partial charge in [0.25, 0.3) is 0 Å². The average Bonchev–Trinajstić information content (AvgIpc) is 2.03. The summed E-state index contributed by atoms with van der Waals surface area (Å²) in [6, 6.07) is 0.482. The first kappa shape index (κ1) is 11.9. The Morgan fingerprint density at radius 1 is 1.00 bits per heavy atom. The fourth-order valence-corrected chi connectivity index (χ4v) is 1.18. The first-order chi connectivity index (χ1) is 5.72. The molecule has 0 atom stereocenters. The number of rotatable bonds is 7. The lowest BCUT2D eigenvalue weighted by Gasteiger charge is -2.25. The highest BCUT2D eigenvalue weighted by Gasteiger charge is 2.06. The van der Waals surface area contributed by atoms with E-state index in [-0.39, 0.29) is 13.2 Å². The van der Waals surface area contributed by atoms with Gasteiger partial charge in [0.15, 0.2) is 0 Å². The Morgan fingerprint density at radius 2 is 1.67 bits per heavy atom. The molecule has 12 heavy (non-hydrogen) atoms. The molecule has 0 aromatic heterocycles. The zero-order chi connectivity index (χ0) is 9.40. The fourth-order valence-electron chi connectivity index (χ4n) is 1.18. The van der Waals surface area contributed by atoms with Crippen LogP contribution < -0.4 is 0 Å². The number of hydrogen-bond donors (Lipinski definition) is 2. The molecule has 0 rings (SSSR count). The number of hydrogen-bond acceptors (Lipinski definition) is 3. The molecule has 3 heteroatoms. The van der Waals surface area contributed by atoms with E-state index in [1.807, 2.05) is 0 Å². The summed E-state index contributed by atoms with van der Waals surface area (Å²) in [4.78, 5) is 2.22. The summed E-state index contributed by atoms with van der Waals surface area (Å²) in [6.45, 7) is 6.44. The Kier molecular flexibility index (Phi) is 7.45. The highest BCUT2D eigenvalue weighted by atomic mass is 16.3. The summed E-state index contributed by atoms with van der Waals surface area (Å²) in [6.07, 6.45) is 1.86. The molecular weight excluding hydrogens is 154 g/mol. The predicted octanol–water partition coefficient (Wildman–Crippen LogP) is 0.462. The minimum Gasteiger partial charge on any atom is -0.396 e. The van der Waals surface area contributed by atoms with Gasteiger partial charge in [-0.1, -0.05) is 0 Å². The van der Waals surface area contributed by atoms with E-state index < -0.39 is 0 Å². The maximum Gasteiger partial charge on any atom is 0.0558 e. The van der Waals surface area contributed by atoms with Gasteiger partial charge in [-0.25, -0.2) is 0 Å². The van der Waals surface area contributed by atoms with Crippen LogP contribution in [0.25, 0.3) is 0 Å². The lowest BCUT2D eigenvalue weighted by molar-refractivity contribution is 0.159. The van der Waals surface area contributed by atoms with E-state index in [1.54, 1.807) is 0 Å². The average molecular weight is 175 g/mol. The minimum atomic E-state index is 0.220. The molecule has 0 unspecified atom stereocenters. The molecule has 0 bridgehead atoms. The number of nitrogens with zero attached hydrogens (tertiary/aromatic N) is 1. The summed E-state index contributed by atoms with van der Waals surface area (Å²) >= 11 is 0. The molecular formula is C9H21NO2. The molecule has 0 amide bonds. The first-order valence-corrected chi connectivity index (χ1v) is 4.68. The van der Waals surface area contributed by atoms with Gasteiger partial charge < -0.3 is 10.2 Å². The molecule has 0 aromatic rings. The molecule has 0 fully saturated rings. The smallest absolute Gasteiger partial charge is 0.0558 e. The van der Waals surface area contributed by atoms with Crippen molar-refractivity contribution in [2.45, 2.75) is 32.7 Å². The summed E-state index contributed by atoms with van der Waals surface area (Å²) in [5.74, 6) is 0. The molecule has 0 aromatic carbocycles. The molecule has 0 saturated carbocycles. The molecule has 0 aliphatic rings. The van der Waals surface area contributed by atoms with Gasteiger partial charge in [0.2, 0.25) is 0 Å². The van der Waals surface area contributed by atoms with Gasteiger partial charge >= 0.3 is 0 Å². The van der Waals surface area contributed by atoms with Crippen LogP contribution in [0.2, 0.25) is 0 Å². The highest BCUT2D eigenvalue weighted by molar-refractivity contribution is 4.61. The molecule has 0 aliphatic carbocycles. The Bertz CT molecular complexity index is 96.5. The molecule has 2 N–H and O–H groups in total. The van der Waals surface area contributed by atoms with Gasteiger partial charge in [0, 0.05) is 19.2 Å². The van der Waals surface area contributed by atoms with Crippen molar-refractivity contribution in [3.05, 3.63) is 0 Å². The van der Waals surface area contributed by atoms with E-state index in [0.29, 0.717) is 6.04 Å². The van der Waals surface area contributed by atoms with Gasteiger partial charge in [0.05, 0.1) is 6.61 Å². The second-order valence-corrected chi connectivity index (χ2v) is 3.28. The van der Waals surface area contributed by atoms with Crippen LogP contribution in [-0.4, -0.2) is 47.5 Å². The third-order valence-electron chi connectivity index (χ3n) is 1.97. The number of unbranched alkanes of at least 4 members (excludes halogenated alkanes) is 1. The Labute approximate surface area is 75.0 Å². The summed E-state index contributed by atoms with van der Waals surface area (Å²) < 4.78 is 0. The van der Waals surface area contributed by atoms with Crippen molar-refractivity contribution in [3.8, 4) is 0 Å². The highest BCUT2D eigenvalue weighted by Crippen LogP contribution is 2.00. The normalized spacial score (nSPS) is 11.5.